The zero-order valence-electron chi connectivity index (χ0n) is 20.8. The highest BCUT2D eigenvalue weighted by Gasteiger charge is 2.31. The lowest BCUT2D eigenvalue weighted by Gasteiger charge is -2.27. The fraction of sp³-hybridized carbons (Fsp3) is 0.156. The van der Waals surface area contributed by atoms with Gasteiger partial charge in [0.05, 0.1) is 17.1 Å². The summed E-state index contributed by atoms with van der Waals surface area (Å²) in [4.78, 5) is 4.75. The van der Waals surface area contributed by atoms with Gasteiger partial charge in [0.1, 0.15) is 5.69 Å². The van der Waals surface area contributed by atoms with Gasteiger partial charge in [0.2, 0.25) is 0 Å². The maximum atomic E-state index is 5.27. The Balaban J connectivity index is 1.68. The molecule has 0 radical (unpaired) electrons. The molecule has 4 heteroatoms. The second-order valence-electron chi connectivity index (χ2n) is 9.53. The molecule has 36 heavy (non-hydrogen) atoms. The largest absolute Gasteiger partial charge is 0.340 e. The molecule has 0 saturated heterocycles. The van der Waals surface area contributed by atoms with E-state index in [0.29, 0.717) is 0 Å². The Bertz CT molecular complexity index is 1380. The Kier molecular flexibility index (Phi) is 5.88. The lowest BCUT2D eigenvalue weighted by Crippen LogP contribution is -2.23. The number of anilines is 2. The van der Waals surface area contributed by atoms with Crippen LogP contribution in [0.4, 0.5) is 11.4 Å². The Morgan fingerprint density at radius 2 is 1.25 bits per heavy atom. The molecule has 4 aromatic carbocycles. The number of rotatable bonds is 6. The van der Waals surface area contributed by atoms with Gasteiger partial charge in [-0.1, -0.05) is 84.9 Å². The number of benzene rings is 4. The van der Waals surface area contributed by atoms with Gasteiger partial charge in [0.25, 0.3) is 0 Å². The summed E-state index contributed by atoms with van der Waals surface area (Å²) in [6, 6.07) is 38.6. The molecule has 0 bridgehead atoms. The molecule has 4 nitrogen and oxygen atoms in total. The second-order valence-corrected chi connectivity index (χ2v) is 9.53. The van der Waals surface area contributed by atoms with E-state index in [2.05, 4.69) is 138 Å². The van der Waals surface area contributed by atoms with Crippen LogP contribution in [-0.2, 0) is 0 Å². The van der Waals surface area contributed by atoms with E-state index in [9.17, 15) is 0 Å². The Morgan fingerprint density at radius 1 is 0.667 bits per heavy atom. The van der Waals surface area contributed by atoms with Gasteiger partial charge in [-0.25, -0.2) is 4.68 Å². The van der Waals surface area contributed by atoms with Crippen molar-refractivity contribution in [1.29, 1.82) is 0 Å². The normalized spacial score (nSPS) is 12.1. The van der Waals surface area contributed by atoms with Gasteiger partial charge in [-0.3, -0.25) is 0 Å². The molecule has 0 saturated carbocycles. The molecule has 1 aliphatic heterocycles. The van der Waals surface area contributed by atoms with Crippen LogP contribution in [-0.4, -0.2) is 41.9 Å². The van der Waals surface area contributed by atoms with Crippen LogP contribution in [0.25, 0.3) is 39.3 Å². The van der Waals surface area contributed by atoms with Crippen LogP contribution in [0.1, 0.15) is 6.42 Å². The molecule has 5 aromatic rings. The lowest BCUT2D eigenvalue weighted by atomic mass is 9.95. The molecule has 1 aromatic heterocycles. The van der Waals surface area contributed by atoms with Crippen molar-refractivity contribution in [2.45, 2.75) is 6.42 Å². The fourth-order valence-corrected chi connectivity index (χ4v) is 5.22. The predicted octanol–water partition coefficient (Wildman–Crippen LogP) is 7.28. The quantitative estimate of drug-likeness (QED) is 0.261. The van der Waals surface area contributed by atoms with Crippen molar-refractivity contribution >= 4 is 11.4 Å². The van der Waals surface area contributed by atoms with E-state index in [4.69, 9.17) is 5.10 Å². The van der Waals surface area contributed by atoms with Crippen LogP contribution in [0.2, 0.25) is 0 Å². The minimum absolute atomic E-state index is 0.940. The number of para-hydroxylation sites is 3. The number of hydrogen-bond acceptors (Lipinski definition) is 3. The van der Waals surface area contributed by atoms with Crippen molar-refractivity contribution < 1.29 is 0 Å². The number of aromatic nitrogens is 2. The van der Waals surface area contributed by atoms with Crippen molar-refractivity contribution in [3.05, 3.63) is 109 Å². The monoisotopic (exact) mass is 470 g/mol. The molecule has 178 valence electrons. The topological polar surface area (TPSA) is 24.3 Å². The smallest absolute Gasteiger partial charge is 0.101 e. The van der Waals surface area contributed by atoms with E-state index in [0.717, 1.165) is 42.1 Å². The standard InChI is InChI=1S/C32H30N4/c1-34(2)22-13-23-35-28-20-11-9-18-26(28)30-31(24-14-5-3-6-15-24)33-36(25-16-7-4-8-17-25)32(30)27-19-10-12-21-29(27)35/h3-12,14-21H,13,22-23H2,1-2H3. The van der Waals surface area contributed by atoms with E-state index in [-0.39, 0.29) is 0 Å². The molecule has 2 heterocycles. The summed E-state index contributed by atoms with van der Waals surface area (Å²) in [5.74, 6) is 0. The van der Waals surface area contributed by atoms with Gasteiger partial charge >= 0.3 is 0 Å². The molecule has 0 fully saturated rings. The van der Waals surface area contributed by atoms with Crippen LogP contribution >= 0.6 is 0 Å². The first-order valence-corrected chi connectivity index (χ1v) is 12.6. The van der Waals surface area contributed by atoms with Gasteiger partial charge in [-0.05, 0) is 51.3 Å². The summed E-state index contributed by atoms with van der Waals surface area (Å²) in [5, 5.41) is 5.27. The molecular weight excluding hydrogens is 440 g/mol. The van der Waals surface area contributed by atoms with E-state index >= 15 is 0 Å². The lowest BCUT2D eigenvalue weighted by molar-refractivity contribution is 0.402. The zero-order valence-corrected chi connectivity index (χ0v) is 20.8. The van der Waals surface area contributed by atoms with Crippen molar-refractivity contribution in [3.8, 4) is 39.3 Å². The predicted molar refractivity (Wildman–Crippen MR) is 150 cm³/mol. The molecule has 1 aliphatic rings. The highest BCUT2D eigenvalue weighted by molar-refractivity contribution is 6.03. The summed E-state index contributed by atoms with van der Waals surface area (Å²) in [7, 11) is 4.28. The number of hydrogen-bond donors (Lipinski definition) is 0. The summed E-state index contributed by atoms with van der Waals surface area (Å²) >= 11 is 0. The highest BCUT2D eigenvalue weighted by atomic mass is 15.3. The molecule has 0 amide bonds. The van der Waals surface area contributed by atoms with E-state index in [1.807, 2.05) is 0 Å². The van der Waals surface area contributed by atoms with E-state index < -0.39 is 0 Å². The first-order valence-electron chi connectivity index (χ1n) is 12.6. The maximum Gasteiger partial charge on any atom is 0.101 e. The molecule has 0 atom stereocenters. The van der Waals surface area contributed by atoms with Gasteiger partial charge in [0, 0.05) is 34.5 Å². The second kappa shape index (κ2) is 9.48. The molecule has 0 aliphatic carbocycles. The molecule has 6 rings (SSSR count). The van der Waals surface area contributed by atoms with Crippen molar-refractivity contribution in [2.24, 2.45) is 0 Å². The third-order valence-corrected chi connectivity index (χ3v) is 6.83. The van der Waals surface area contributed by atoms with Crippen molar-refractivity contribution in [3.63, 3.8) is 0 Å². The van der Waals surface area contributed by atoms with Gasteiger partial charge in [0.15, 0.2) is 0 Å². The van der Waals surface area contributed by atoms with Gasteiger partial charge < -0.3 is 9.80 Å². The van der Waals surface area contributed by atoms with Crippen molar-refractivity contribution in [1.82, 2.24) is 14.7 Å². The third-order valence-electron chi connectivity index (χ3n) is 6.83. The Labute approximate surface area is 213 Å². The minimum Gasteiger partial charge on any atom is -0.340 e. The number of nitrogens with zero attached hydrogens (tertiary/aromatic N) is 4. The Morgan fingerprint density at radius 3 is 1.94 bits per heavy atom. The molecular formula is C32H30N4. The zero-order chi connectivity index (χ0) is 24.5. The van der Waals surface area contributed by atoms with Crippen LogP contribution in [0.3, 0.4) is 0 Å². The van der Waals surface area contributed by atoms with E-state index in [1.165, 1.54) is 28.1 Å². The molecule has 0 unspecified atom stereocenters. The molecule has 0 N–H and O–H groups in total. The van der Waals surface area contributed by atoms with Crippen LogP contribution in [0, 0.1) is 0 Å². The number of fused-ring (bicyclic) bond motifs is 5. The van der Waals surface area contributed by atoms with Crippen LogP contribution in [0.5, 0.6) is 0 Å². The average molecular weight is 471 g/mol. The third kappa shape index (κ3) is 3.90. The van der Waals surface area contributed by atoms with Crippen molar-refractivity contribution in [2.75, 3.05) is 32.1 Å². The highest BCUT2D eigenvalue weighted by Crippen LogP contribution is 2.51. The first-order chi connectivity index (χ1) is 17.7. The Hall–Kier alpha value is -4.15. The minimum atomic E-state index is 0.940. The first kappa shape index (κ1) is 22.3. The average Bonchev–Trinajstić information content (AvgIpc) is 3.27. The van der Waals surface area contributed by atoms with Gasteiger partial charge in [-0.15, -0.1) is 0 Å². The summed E-state index contributed by atoms with van der Waals surface area (Å²) in [5.41, 5.74) is 10.4. The van der Waals surface area contributed by atoms with E-state index in [1.54, 1.807) is 0 Å². The van der Waals surface area contributed by atoms with Gasteiger partial charge in [-0.2, -0.15) is 5.10 Å². The molecule has 0 spiro atoms. The summed E-state index contributed by atoms with van der Waals surface area (Å²) in [6.07, 6.45) is 1.07. The summed E-state index contributed by atoms with van der Waals surface area (Å²) < 4.78 is 2.14. The van der Waals surface area contributed by atoms with Crippen LogP contribution in [0.15, 0.2) is 109 Å². The SMILES string of the molecule is CN(C)CCCN1c2ccccc2-c2c(-c3ccccc3)nn(-c3ccccc3)c2-c2ccccc21. The maximum absolute atomic E-state index is 5.27. The summed E-state index contributed by atoms with van der Waals surface area (Å²) in [6.45, 7) is 1.98. The van der Waals surface area contributed by atoms with Crippen LogP contribution < -0.4 is 4.90 Å². The fourth-order valence-electron chi connectivity index (χ4n) is 5.22.